The summed E-state index contributed by atoms with van der Waals surface area (Å²) in [6.07, 6.45) is 1.17. The lowest BCUT2D eigenvalue weighted by Crippen LogP contribution is -2.40. The average molecular weight is 463 g/mol. The van der Waals surface area contributed by atoms with E-state index in [2.05, 4.69) is 5.32 Å². The molecule has 0 saturated carbocycles. The molecule has 1 aliphatic heterocycles. The topological polar surface area (TPSA) is 133 Å². The standard InChI is InChI=1S/C26H25NO7/c1-10-7-15(29)8-11(2)21(10)27-13(4)18-16(30)9-17-26(6,25(18)33)20-23(32)12(3)22(31)19(14(5)28)24(20)34-17/h7-9,27,29,31-32H,1-6H3/b18-13+/t26-/m0/s1. The fourth-order valence-corrected chi connectivity index (χ4v) is 4.75. The van der Waals surface area contributed by atoms with Gasteiger partial charge in [-0.1, -0.05) is 0 Å². The third-order valence-electron chi connectivity index (χ3n) is 6.59. The van der Waals surface area contributed by atoms with Gasteiger partial charge in [-0.05, 0) is 64.8 Å². The number of aromatic hydroxyl groups is 3. The molecule has 0 aromatic heterocycles. The summed E-state index contributed by atoms with van der Waals surface area (Å²) in [6.45, 7) is 9.36. The number of carbonyl (C=O) groups is 3. The largest absolute Gasteiger partial charge is 0.508 e. The number of nitrogens with one attached hydrogen (secondary N) is 1. The van der Waals surface area contributed by atoms with E-state index in [0.717, 1.165) is 11.1 Å². The summed E-state index contributed by atoms with van der Waals surface area (Å²) in [6, 6.07) is 3.13. The first-order chi connectivity index (χ1) is 15.8. The maximum absolute atomic E-state index is 13.8. The molecule has 0 unspecified atom stereocenters. The van der Waals surface area contributed by atoms with E-state index in [1.54, 1.807) is 32.9 Å². The minimum Gasteiger partial charge on any atom is -0.508 e. The van der Waals surface area contributed by atoms with Gasteiger partial charge < -0.3 is 25.4 Å². The van der Waals surface area contributed by atoms with E-state index < -0.39 is 28.5 Å². The number of fused-ring (bicyclic) bond motifs is 3. The van der Waals surface area contributed by atoms with Crippen molar-refractivity contribution in [3.05, 3.63) is 63.1 Å². The number of benzene rings is 2. The number of hydrogen-bond donors (Lipinski definition) is 4. The first kappa shape index (κ1) is 23.1. The summed E-state index contributed by atoms with van der Waals surface area (Å²) in [5.41, 5.74) is 0.608. The Kier molecular flexibility index (Phi) is 5.08. The zero-order valence-electron chi connectivity index (χ0n) is 19.7. The number of rotatable bonds is 3. The molecule has 2 aromatic rings. The minimum atomic E-state index is -1.58. The first-order valence-electron chi connectivity index (χ1n) is 10.7. The maximum atomic E-state index is 13.8. The Morgan fingerprint density at radius 1 is 1.00 bits per heavy atom. The third kappa shape index (κ3) is 3.02. The van der Waals surface area contributed by atoms with E-state index >= 15 is 0 Å². The molecule has 4 N–H and O–H groups in total. The molecule has 34 heavy (non-hydrogen) atoms. The van der Waals surface area contributed by atoms with Gasteiger partial charge in [-0.2, -0.15) is 0 Å². The summed E-state index contributed by atoms with van der Waals surface area (Å²) in [5, 5.41) is 34.3. The number of carbonyl (C=O) groups excluding carboxylic acids is 3. The monoisotopic (exact) mass is 463 g/mol. The predicted octanol–water partition coefficient (Wildman–Crippen LogP) is 4.00. The van der Waals surface area contributed by atoms with Crippen LogP contribution < -0.4 is 10.1 Å². The molecule has 4 rings (SSSR count). The Morgan fingerprint density at radius 2 is 1.59 bits per heavy atom. The SMILES string of the molecule is CC(=O)c1c(O)c(C)c(O)c2c1OC1=CC(=O)/C(=C(/C)Nc3c(C)cc(O)cc3C)C(=O)[C@@]12C. The fourth-order valence-electron chi connectivity index (χ4n) is 4.75. The number of ether oxygens (including phenoxy) is 1. The second-order valence-electron chi connectivity index (χ2n) is 8.97. The van der Waals surface area contributed by atoms with Crippen LogP contribution in [-0.2, 0) is 15.0 Å². The van der Waals surface area contributed by atoms with Crippen LogP contribution in [0.5, 0.6) is 23.0 Å². The Balaban J connectivity index is 1.92. The van der Waals surface area contributed by atoms with Crippen LogP contribution in [0.2, 0.25) is 0 Å². The quantitative estimate of drug-likeness (QED) is 0.232. The zero-order valence-corrected chi connectivity index (χ0v) is 19.7. The summed E-state index contributed by atoms with van der Waals surface area (Å²) in [5.74, 6) is -2.56. The van der Waals surface area contributed by atoms with Crippen molar-refractivity contribution in [1.29, 1.82) is 0 Å². The van der Waals surface area contributed by atoms with Gasteiger partial charge in [0.15, 0.2) is 17.3 Å². The Labute approximate surface area is 196 Å². The van der Waals surface area contributed by atoms with Crippen molar-refractivity contribution in [1.82, 2.24) is 0 Å². The molecule has 8 nitrogen and oxygen atoms in total. The van der Waals surface area contributed by atoms with E-state index in [9.17, 15) is 29.7 Å². The maximum Gasteiger partial charge on any atom is 0.194 e. The van der Waals surface area contributed by atoms with Crippen LogP contribution in [0.25, 0.3) is 0 Å². The molecule has 1 heterocycles. The number of Topliss-reactive ketones (excluding diaryl/α,β-unsaturated/α-hetero) is 2. The van der Waals surface area contributed by atoms with Gasteiger partial charge >= 0.3 is 0 Å². The third-order valence-corrected chi connectivity index (χ3v) is 6.59. The van der Waals surface area contributed by atoms with Crippen molar-refractivity contribution >= 4 is 23.0 Å². The van der Waals surface area contributed by atoms with Gasteiger partial charge in [-0.25, -0.2) is 0 Å². The van der Waals surface area contributed by atoms with Crippen LogP contribution in [0, 0.1) is 20.8 Å². The summed E-state index contributed by atoms with van der Waals surface area (Å²) >= 11 is 0. The highest BCUT2D eigenvalue weighted by Gasteiger charge is 2.56. The molecular weight excluding hydrogens is 438 g/mol. The zero-order chi connectivity index (χ0) is 25.3. The smallest absolute Gasteiger partial charge is 0.194 e. The highest BCUT2D eigenvalue weighted by molar-refractivity contribution is 6.31. The Bertz CT molecular complexity index is 1370. The van der Waals surface area contributed by atoms with Crippen LogP contribution in [0.4, 0.5) is 5.69 Å². The van der Waals surface area contributed by atoms with Crippen LogP contribution in [0.3, 0.4) is 0 Å². The van der Waals surface area contributed by atoms with Gasteiger partial charge in [0.1, 0.15) is 39.7 Å². The second-order valence-corrected chi connectivity index (χ2v) is 8.97. The van der Waals surface area contributed by atoms with Crippen LogP contribution >= 0.6 is 0 Å². The Morgan fingerprint density at radius 3 is 2.15 bits per heavy atom. The molecule has 8 heteroatoms. The molecule has 0 spiro atoms. The van der Waals surface area contributed by atoms with Gasteiger partial charge in [-0.15, -0.1) is 0 Å². The number of phenols is 3. The normalized spacial score (nSPS) is 20.4. The summed E-state index contributed by atoms with van der Waals surface area (Å²) < 4.78 is 5.77. The minimum absolute atomic E-state index is 0.0196. The lowest BCUT2D eigenvalue weighted by Gasteiger charge is -2.29. The fraction of sp³-hybridized carbons (Fsp3) is 0.269. The summed E-state index contributed by atoms with van der Waals surface area (Å²) in [4.78, 5) is 39.2. The van der Waals surface area contributed by atoms with Crippen molar-refractivity contribution in [2.45, 2.75) is 47.0 Å². The van der Waals surface area contributed by atoms with Crippen molar-refractivity contribution in [3.8, 4) is 23.0 Å². The van der Waals surface area contributed by atoms with Gasteiger partial charge in [0, 0.05) is 23.0 Å². The van der Waals surface area contributed by atoms with Crippen LogP contribution in [-0.4, -0.2) is 32.7 Å². The molecule has 0 amide bonds. The molecular formula is C26H25NO7. The average Bonchev–Trinajstić information content (AvgIpc) is 3.02. The lowest BCUT2D eigenvalue weighted by atomic mass is 9.70. The first-order valence-corrected chi connectivity index (χ1v) is 10.7. The molecule has 0 fully saturated rings. The molecule has 0 bridgehead atoms. The molecule has 1 aliphatic carbocycles. The number of anilines is 1. The van der Waals surface area contributed by atoms with E-state index in [-0.39, 0.29) is 45.3 Å². The molecule has 0 saturated heterocycles. The molecule has 2 aromatic carbocycles. The van der Waals surface area contributed by atoms with Gasteiger partial charge in [0.2, 0.25) is 0 Å². The van der Waals surface area contributed by atoms with Gasteiger partial charge in [0.25, 0.3) is 0 Å². The molecule has 0 radical (unpaired) electrons. The second kappa shape index (κ2) is 7.48. The lowest BCUT2D eigenvalue weighted by molar-refractivity contribution is -0.123. The molecule has 176 valence electrons. The predicted molar refractivity (Wildman–Crippen MR) is 124 cm³/mol. The molecule has 2 aliphatic rings. The number of aryl methyl sites for hydroxylation is 2. The van der Waals surface area contributed by atoms with Crippen molar-refractivity contribution in [2.24, 2.45) is 0 Å². The molecule has 1 atom stereocenters. The van der Waals surface area contributed by atoms with Crippen molar-refractivity contribution in [2.75, 3.05) is 5.32 Å². The number of ketones is 3. The summed E-state index contributed by atoms with van der Waals surface area (Å²) in [7, 11) is 0. The number of allylic oxidation sites excluding steroid dienone is 4. The van der Waals surface area contributed by atoms with Crippen LogP contribution in [0.15, 0.2) is 35.2 Å². The van der Waals surface area contributed by atoms with Gasteiger partial charge in [0.05, 0.1) is 11.1 Å². The Hall–Kier alpha value is -4.07. The highest BCUT2D eigenvalue weighted by Crippen LogP contribution is 2.57. The van der Waals surface area contributed by atoms with Crippen molar-refractivity contribution in [3.63, 3.8) is 0 Å². The highest BCUT2D eigenvalue weighted by atomic mass is 16.5. The van der Waals surface area contributed by atoms with E-state index in [4.69, 9.17) is 4.74 Å². The number of hydrogen-bond acceptors (Lipinski definition) is 8. The van der Waals surface area contributed by atoms with Gasteiger partial charge in [-0.3, -0.25) is 14.4 Å². The van der Waals surface area contributed by atoms with Crippen LogP contribution in [0.1, 0.15) is 53.4 Å². The van der Waals surface area contributed by atoms with Crippen molar-refractivity contribution < 1.29 is 34.4 Å². The van der Waals surface area contributed by atoms with E-state index in [1.165, 1.54) is 26.8 Å². The van der Waals surface area contributed by atoms with E-state index in [0.29, 0.717) is 11.4 Å². The van der Waals surface area contributed by atoms with E-state index in [1.807, 2.05) is 0 Å². The number of phenolic OH excluding ortho intramolecular Hbond substituents is 3.